The lowest BCUT2D eigenvalue weighted by Crippen LogP contribution is -2.26. The predicted molar refractivity (Wildman–Crippen MR) is 80.7 cm³/mol. The third kappa shape index (κ3) is 3.76. The molecule has 2 aromatic rings. The van der Waals surface area contributed by atoms with Gasteiger partial charge in [-0.2, -0.15) is 0 Å². The first-order valence-corrected chi connectivity index (χ1v) is 7.27. The molecule has 1 fully saturated rings. The molecule has 2 nitrogen and oxygen atoms in total. The molecule has 0 bridgehead atoms. The van der Waals surface area contributed by atoms with Gasteiger partial charge in [-0.3, -0.25) is 4.79 Å². The Hall–Kier alpha value is -2.00. The first-order chi connectivity index (χ1) is 10.2. The molecule has 3 heteroatoms. The van der Waals surface area contributed by atoms with Crippen LogP contribution in [0.5, 0.6) is 0 Å². The minimum Gasteiger partial charge on any atom is -0.307 e. The van der Waals surface area contributed by atoms with Crippen molar-refractivity contribution in [2.24, 2.45) is 0 Å². The lowest BCUT2D eigenvalue weighted by Gasteiger charge is -2.04. The number of hydrogen-bond donors (Lipinski definition) is 1. The van der Waals surface area contributed by atoms with E-state index in [0.717, 1.165) is 12.0 Å². The number of hydrogen-bond acceptors (Lipinski definition) is 2. The monoisotopic (exact) mass is 283 g/mol. The van der Waals surface area contributed by atoms with E-state index in [4.69, 9.17) is 0 Å². The Kier molecular flexibility index (Phi) is 4.11. The number of carbonyl (C=O) groups excluding carboxylic acids is 1. The summed E-state index contributed by atoms with van der Waals surface area (Å²) in [6.07, 6.45) is 1.45. The van der Waals surface area contributed by atoms with Crippen LogP contribution in [-0.4, -0.2) is 18.4 Å². The van der Waals surface area contributed by atoms with Crippen molar-refractivity contribution < 1.29 is 9.18 Å². The van der Waals surface area contributed by atoms with Gasteiger partial charge in [0.15, 0.2) is 5.78 Å². The SMILES string of the molecule is O=C(CN[C@H]1CC1c1ccccc1)Cc1ccc(F)cc1. The summed E-state index contributed by atoms with van der Waals surface area (Å²) >= 11 is 0. The second kappa shape index (κ2) is 6.19. The van der Waals surface area contributed by atoms with Crippen LogP contribution in [0.2, 0.25) is 0 Å². The number of Topliss-reactive ketones (excluding diaryl/α,β-unsaturated/α-hetero) is 1. The Morgan fingerprint density at radius 2 is 1.81 bits per heavy atom. The van der Waals surface area contributed by atoms with Crippen LogP contribution >= 0.6 is 0 Å². The van der Waals surface area contributed by atoms with E-state index < -0.39 is 0 Å². The maximum Gasteiger partial charge on any atom is 0.150 e. The van der Waals surface area contributed by atoms with Crippen LogP contribution in [0.1, 0.15) is 23.5 Å². The van der Waals surface area contributed by atoms with Gasteiger partial charge in [-0.05, 0) is 29.7 Å². The standard InChI is InChI=1S/C18H18FNO/c19-15-8-6-13(7-9-15)10-16(21)12-20-18-11-17(18)14-4-2-1-3-5-14/h1-9,17-18,20H,10-12H2/t17?,18-/m0/s1. The lowest BCUT2D eigenvalue weighted by atomic mass is 10.1. The van der Waals surface area contributed by atoms with Crippen LogP contribution in [0.15, 0.2) is 54.6 Å². The first kappa shape index (κ1) is 14.0. The van der Waals surface area contributed by atoms with Crippen LogP contribution in [0, 0.1) is 5.82 Å². The number of nitrogens with one attached hydrogen (secondary N) is 1. The summed E-state index contributed by atoms with van der Waals surface area (Å²) in [4.78, 5) is 11.9. The number of ketones is 1. The van der Waals surface area contributed by atoms with Gasteiger partial charge in [0.25, 0.3) is 0 Å². The van der Waals surface area contributed by atoms with Crippen molar-refractivity contribution in [1.82, 2.24) is 5.32 Å². The number of benzene rings is 2. The Bertz CT molecular complexity index is 609. The van der Waals surface area contributed by atoms with Gasteiger partial charge in [-0.25, -0.2) is 4.39 Å². The van der Waals surface area contributed by atoms with Gasteiger partial charge in [-0.15, -0.1) is 0 Å². The van der Waals surface area contributed by atoms with E-state index in [2.05, 4.69) is 17.4 Å². The molecule has 0 heterocycles. The van der Waals surface area contributed by atoms with Crippen molar-refractivity contribution >= 4 is 5.78 Å². The van der Waals surface area contributed by atoms with E-state index in [1.54, 1.807) is 12.1 Å². The van der Waals surface area contributed by atoms with Gasteiger partial charge in [0.2, 0.25) is 0 Å². The third-order valence-electron chi connectivity index (χ3n) is 3.89. The zero-order valence-corrected chi connectivity index (χ0v) is 11.8. The van der Waals surface area contributed by atoms with Crippen molar-refractivity contribution in [3.8, 4) is 0 Å². The smallest absolute Gasteiger partial charge is 0.150 e. The largest absolute Gasteiger partial charge is 0.307 e. The highest BCUT2D eigenvalue weighted by molar-refractivity contribution is 5.82. The molecule has 1 unspecified atom stereocenters. The normalized spacial score (nSPS) is 20.2. The Balaban J connectivity index is 1.44. The second-order valence-corrected chi connectivity index (χ2v) is 5.58. The second-order valence-electron chi connectivity index (χ2n) is 5.58. The molecular weight excluding hydrogens is 265 g/mol. The third-order valence-corrected chi connectivity index (χ3v) is 3.89. The van der Waals surface area contributed by atoms with E-state index in [1.807, 2.05) is 18.2 Å². The molecule has 0 aromatic heterocycles. The molecule has 1 saturated carbocycles. The fourth-order valence-corrected chi connectivity index (χ4v) is 2.63. The Labute approximate surface area is 124 Å². The summed E-state index contributed by atoms with van der Waals surface area (Å²) in [7, 11) is 0. The topological polar surface area (TPSA) is 29.1 Å². The van der Waals surface area contributed by atoms with Crippen molar-refractivity contribution in [1.29, 1.82) is 0 Å². The molecule has 2 aromatic carbocycles. The summed E-state index contributed by atoms with van der Waals surface area (Å²) in [5.74, 6) is 0.401. The highest BCUT2D eigenvalue weighted by atomic mass is 19.1. The predicted octanol–water partition coefficient (Wildman–Crippen LogP) is 3.08. The molecule has 108 valence electrons. The number of rotatable bonds is 6. The van der Waals surface area contributed by atoms with Crippen LogP contribution in [0.4, 0.5) is 4.39 Å². The summed E-state index contributed by atoms with van der Waals surface area (Å²) < 4.78 is 12.8. The quantitative estimate of drug-likeness (QED) is 0.882. The van der Waals surface area contributed by atoms with Crippen molar-refractivity contribution in [3.63, 3.8) is 0 Å². The van der Waals surface area contributed by atoms with Crippen molar-refractivity contribution in [2.45, 2.75) is 24.8 Å². The fraction of sp³-hybridized carbons (Fsp3) is 0.278. The van der Waals surface area contributed by atoms with Crippen molar-refractivity contribution in [3.05, 3.63) is 71.5 Å². The zero-order valence-electron chi connectivity index (χ0n) is 11.8. The van der Waals surface area contributed by atoms with E-state index in [0.29, 0.717) is 24.9 Å². The molecule has 0 amide bonds. The van der Waals surface area contributed by atoms with Gasteiger partial charge in [-0.1, -0.05) is 42.5 Å². The van der Waals surface area contributed by atoms with Crippen LogP contribution < -0.4 is 5.32 Å². The molecule has 0 saturated heterocycles. The average Bonchev–Trinajstić information content (AvgIpc) is 3.28. The van der Waals surface area contributed by atoms with Gasteiger partial charge >= 0.3 is 0 Å². The highest BCUT2D eigenvalue weighted by Gasteiger charge is 2.37. The molecule has 3 rings (SSSR count). The van der Waals surface area contributed by atoms with Gasteiger partial charge < -0.3 is 5.32 Å². The number of carbonyl (C=O) groups is 1. The molecule has 21 heavy (non-hydrogen) atoms. The van der Waals surface area contributed by atoms with Crippen LogP contribution in [0.3, 0.4) is 0 Å². The molecule has 0 aliphatic heterocycles. The van der Waals surface area contributed by atoms with Crippen LogP contribution in [-0.2, 0) is 11.2 Å². The van der Waals surface area contributed by atoms with Gasteiger partial charge in [0.05, 0.1) is 6.54 Å². The zero-order chi connectivity index (χ0) is 14.7. The van der Waals surface area contributed by atoms with E-state index >= 15 is 0 Å². The van der Waals surface area contributed by atoms with E-state index in [1.165, 1.54) is 17.7 Å². The maximum absolute atomic E-state index is 12.8. The van der Waals surface area contributed by atoms with E-state index in [9.17, 15) is 9.18 Å². The maximum atomic E-state index is 12.8. The minimum atomic E-state index is -0.270. The van der Waals surface area contributed by atoms with Crippen LogP contribution in [0.25, 0.3) is 0 Å². The van der Waals surface area contributed by atoms with Crippen molar-refractivity contribution in [2.75, 3.05) is 6.54 Å². The van der Waals surface area contributed by atoms with E-state index in [-0.39, 0.29) is 11.6 Å². The minimum absolute atomic E-state index is 0.139. The molecule has 2 atom stereocenters. The molecule has 0 radical (unpaired) electrons. The first-order valence-electron chi connectivity index (χ1n) is 7.27. The molecule has 1 N–H and O–H groups in total. The van der Waals surface area contributed by atoms with Gasteiger partial charge in [0.1, 0.15) is 5.82 Å². The lowest BCUT2D eigenvalue weighted by molar-refractivity contribution is -0.117. The Morgan fingerprint density at radius 1 is 1.10 bits per heavy atom. The Morgan fingerprint density at radius 3 is 2.52 bits per heavy atom. The summed E-state index contributed by atoms with van der Waals surface area (Å²) in [5, 5.41) is 3.31. The molecule has 1 aliphatic rings. The molecule has 1 aliphatic carbocycles. The highest BCUT2D eigenvalue weighted by Crippen LogP contribution is 2.40. The van der Waals surface area contributed by atoms with Gasteiger partial charge in [0, 0.05) is 18.4 Å². The number of halogens is 1. The average molecular weight is 283 g/mol. The summed E-state index contributed by atoms with van der Waals surface area (Å²) in [6, 6.07) is 16.9. The molecule has 0 spiro atoms. The summed E-state index contributed by atoms with van der Waals surface area (Å²) in [6.45, 7) is 0.380. The molecular formula is C18H18FNO. The summed E-state index contributed by atoms with van der Waals surface area (Å²) in [5.41, 5.74) is 2.19. The fourth-order valence-electron chi connectivity index (χ4n) is 2.63.